The number of hydrogen-bond acceptors (Lipinski definition) is 4. The van der Waals surface area contributed by atoms with E-state index in [1.54, 1.807) is 0 Å². The second-order valence-electron chi connectivity index (χ2n) is 1.91. The van der Waals surface area contributed by atoms with Gasteiger partial charge >= 0.3 is 10.2 Å². The van der Waals surface area contributed by atoms with Crippen LogP contribution in [0.5, 0.6) is 0 Å². The highest BCUT2D eigenvalue weighted by atomic mass is 32.3. The van der Waals surface area contributed by atoms with Gasteiger partial charge in [0.05, 0.1) is 18.5 Å². The number of aryl methyl sites for hydroxylation is 1. The molecule has 0 saturated carbocycles. The highest BCUT2D eigenvalue weighted by Crippen LogP contribution is 1.92. The number of hydrogen-bond donors (Lipinski definition) is 0. The molecule has 0 N–H and O–H groups in total. The summed E-state index contributed by atoms with van der Waals surface area (Å²) in [5.74, 6) is -0.559. The van der Waals surface area contributed by atoms with E-state index >= 15 is 0 Å². The van der Waals surface area contributed by atoms with E-state index in [9.17, 15) is 12.3 Å². The Balaban J connectivity index is 2.48. The molecule has 7 heteroatoms. The van der Waals surface area contributed by atoms with Crippen molar-refractivity contribution in [2.24, 2.45) is 0 Å². The zero-order valence-electron chi connectivity index (χ0n) is 5.51. The third-order valence-corrected chi connectivity index (χ3v) is 1.71. The van der Waals surface area contributed by atoms with Gasteiger partial charge in [-0.25, -0.2) is 0 Å². The van der Waals surface area contributed by atoms with E-state index in [0.29, 0.717) is 0 Å². The van der Waals surface area contributed by atoms with Gasteiger partial charge in [0.2, 0.25) is 0 Å². The SMILES string of the molecule is O=S(=O)(F)CCn1ccnn1. The van der Waals surface area contributed by atoms with Crippen LogP contribution in [0.2, 0.25) is 0 Å². The fourth-order valence-electron chi connectivity index (χ4n) is 0.555. The van der Waals surface area contributed by atoms with Crippen LogP contribution in [-0.4, -0.2) is 29.2 Å². The maximum Gasteiger partial charge on any atom is 0.304 e. The van der Waals surface area contributed by atoms with Crippen molar-refractivity contribution < 1.29 is 12.3 Å². The first-order valence-electron chi connectivity index (χ1n) is 2.84. The van der Waals surface area contributed by atoms with Gasteiger partial charge in [-0.1, -0.05) is 5.21 Å². The zero-order chi connectivity index (χ0) is 8.32. The minimum atomic E-state index is -4.39. The predicted molar refractivity (Wildman–Crippen MR) is 34.9 cm³/mol. The third-order valence-electron chi connectivity index (χ3n) is 1.04. The molecule has 0 aliphatic carbocycles. The molecule has 0 amide bonds. The summed E-state index contributed by atoms with van der Waals surface area (Å²) in [5, 5.41) is 6.87. The van der Waals surface area contributed by atoms with E-state index in [1.165, 1.54) is 17.1 Å². The van der Waals surface area contributed by atoms with Gasteiger partial charge in [0.25, 0.3) is 0 Å². The van der Waals surface area contributed by atoms with E-state index in [-0.39, 0.29) is 6.54 Å². The van der Waals surface area contributed by atoms with Crippen LogP contribution in [0.15, 0.2) is 12.4 Å². The van der Waals surface area contributed by atoms with Crippen molar-refractivity contribution in [2.75, 3.05) is 5.75 Å². The quantitative estimate of drug-likeness (QED) is 0.591. The summed E-state index contributed by atoms with van der Waals surface area (Å²) in [6.45, 7) is -0.00116. The summed E-state index contributed by atoms with van der Waals surface area (Å²) in [7, 11) is -4.39. The van der Waals surface area contributed by atoms with Gasteiger partial charge in [-0.2, -0.15) is 8.42 Å². The van der Waals surface area contributed by atoms with Crippen molar-refractivity contribution in [3.8, 4) is 0 Å². The van der Waals surface area contributed by atoms with E-state index < -0.39 is 16.0 Å². The van der Waals surface area contributed by atoms with Gasteiger partial charge in [-0.05, 0) is 0 Å². The Labute approximate surface area is 63.0 Å². The van der Waals surface area contributed by atoms with Crippen molar-refractivity contribution in [1.82, 2.24) is 15.0 Å². The molecular weight excluding hydrogens is 173 g/mol. The van der Waals surface area contributed by atoms with Crippen LogP contribution < -0.4 is 0 Å². The van der Waals surface area contributed by atoms with Crippen LogP contribution in [0.1, 0.15) is 0 Å². The zero-order valence-corrected chi connectivity index (χ0v) is 6.33. The molecule has 1 rings (SSSR count). The largest absolute Gasteiger partial charge is 0.304 e. The van der Waals surface area contributed by atoms with Crippen LogP contribution in [0.4, 0.5) is 3.89 Å². The first kappa shape index (κ1) is 8.12. The minimum absolute atomic E-state index is 0.00116. The number of nitrogens with zero attached hydrogens (tertiary/aromatic N) is 3. The van der Waals surface area contributed by atoms with Crippen molar-refractivity contribution >= 4 is 10.2 Å². The molecule has 0 fully saturated rings. The number of halogens is 1. The molecule has 0 aliphatic rings. The van der Waals surface area contributed by atoms with E-state index in [2.05, 4.69) is 10.3 Å². The predicted octanol–water partition coefficient (Wildman–Crippen LogP) is -0.423. The summed E-state index contributed by atoms with van der Waals surface area (Å²) >= 11 is 0. The van der Waals surface area contributed by atoms with Gasteiger partial charge in [0.1, 0.15) is 0 Å². The molecule has 0 unspecified atom stereocenters. The van der Waals surface area contributed by atoms with Crippen molar-refractivity contribution in [3.63, 3.8) is 0 Å². The second kappa shape index (κ2) is 2.95. The minimum Gasteiger partial charge on any atom is -0.251 e. The monoisotopic (exact) mass is 179 g/mol. The van der Waals surface area contributed by atoms with Crippen LogP contribution >= 0.6 is 0 Å². The second-order valence-corrected chi connectivity index (χ2v) is 3.40. The molecule has 0 saturated heterocycles. The average Bonchev–Trinajstić information content (AvgIpc) is 2.32. The molecule has 0 bridgehead atoms. The van der Waals surface area contributed by atoms with Gasteiger partial charge < -0.3 is 0 Å². The first-order valence-corrected chi connectivity index (χ1v) is 4.39. The van der Waals surface area contributed by atoms with Crippen LogP contribution in [0.25, 0.3) is 0 Å². The number of aromatic nitrogens is 3. The molecule has 1 aromatic heterocycles. The topological polar surface area (TPSA) is 64.8 Å². The Hall–Kier alpha value is -0.980. The lowest BCUT2D eigenvalue weighted by molar-refractivity contribution is 0.537. The Morgan fingerprint density at radius 2 is 2.27 bits per heavy atom. The highest BCUT2D eigenvalue weighted by Gasteiger charge is 2.06. The van der Waals surface area contributed by atoms with E-state index in [1.807, 2.05) is 0 Å². The summed E-state index contributed by atoms with van der Waals surface area (Å²) in [6.07, 6.45) is 2.86. The Morgan fingerprint density at radius 3 is 2.73 bits per heavy atom. The fourth-order valence-corrected chi connectivity index (χ4v) is 0.960. The lowest BCUT2D eigenvalue weighted by Gasteiger charge is -1.94. The standard InChI is InChI=1S/C4H6FN3O2S/c5-11(9,10)4-3-8-2-1-6-7-8/h1-2H,3-4H2. The normalized spacial score (nSPS) is 11.7. The molecule has 1 heterocycles. The molecule has 0 spiro atoms. The molecule has 0 radical (unpaired) electrons. The molecule has 1 aromatic rings. The lowest BCUT2D eigenvalue weighted by atomic mass is 10.7. The Kier molecular flexibility index (Phi) is 2.18. The van der Waals surface area contributed by atoms with Crippen molar-refractivity contribution in [3.05, 3.63) is 12.4 Å². The first-order chi connectivity index (χ1) is 5.08. The van der Waals surface area contributed by atoms with E-state index in [4.69, 9.17) is 0 Å². The maximum absolute atomic E-state index is 11.9. The van der Waals surface area contributed by atoms with Gasteiger partial charge in [-0.15, -0.1) is 8.98 Å². The van der Waals surface area contributed by atoms with Crippen LogP contribution in [0, 0.1) is 0 Å². The Bertz CT molecular complexity index is 306. The van der Waals surface area contributed by atoms with Gasteiger partial charge in [0.15, 0.2) is 0 Å². The smallest absolute Gasteiger partial charge is 0.251 e. The highest BCUT2D eigenvalue weighted by molar-refractivity contribution is 7.86. The molecular formula is C4H6FN3O2S. The Morgan fingerprint density at radius 1 is 1.55 bits per heavy atom. The third kappa shape index (κ3) is 3.08. The number of rotatable bonds is 3. The fraction of sp³-hybridized carbons (Fsp3) is 0.500. The van der Waals surface area contributed by atoms with Crippen LogP contribution in [0.3, 0.4) is 0 Å². The van der Waals surface area contributed by atoms with Gasteiger partial charge in [-0.3, -0.25) is 4.68 Å². The maximum atomic E-state index is 11.9. The molecule has 0 atom stereocenters. The van der Waals surface area contributed by atoms with Crippen LogP contribution in [-0.2, 0) is 16.8 Å². The lowest BCUT2D eigenvalue weighted by Crippen LogP contribution is -2.09. The summed E-state index contributed by atoms with van der Waals surface area (Å²) in [5.41, 5.74) is 0. The summed E-state index contributed by atoms with van der Waals surface area (Å²) in [4.78, 5) is 0. The van der Waals surface area contributed by atoms with Crippen molar-refractivity contribution in [2.45, 2.75) is 6.54 Å². The average molecular weight is 179 g/mol. The molecule has 0 aromatic carbocycles. The summed E-state index contributed by atoms with van der Waals surface area (Å²) < 4.78 is 33.1. The van der Waals surface area contributed by atoms with Gasteiger partial charge in [0, 0.05) is 6.20 Å². The van der Waals surface area contributed by atoms with Crippen molar-refractivity contribution in [1.29, 1.82) is 0 Å². The summed E-state index contributed by atoms with van der Waals surface area (Å²) in [6, 6.07) is 0. The molecule has 62 valence electrons. The molecule has 5 nitrogen and oxygen atoms in total. The molecule has 0 aliphatic heterocycles. The van der Waals surface area contributed by atoms with E-state index in [0.717, 1.165) is 0 Å². The molecule has 11 heavy (non-hydrogen) atoms.